The number of aromatic amines is 1. The number of benzene rings is 1. The Morgan fingerprint density at radius 2 is 2.04 bits per heavy atom. The van der Waals surface area contributed by atoms with E-state index in [-0.39, 0.29) is 36.5 Å². The van der Waals surface area contributed by atoms with Crippen molar-refractivity contribution in [3.63, 3.8) is 0 Å². The second-order valence-electron chi connectivity index (χ2n) is 6.13. The quantitative estimate of drug-likeness (QED) is 0.524. The molecular formula is C18H16N6O3S. The number of nitrogens with one attached hydrogen (secondary N) is 4. The number of hydrogen-bond donors (Lipinski definition) is 4. The molecule has 0 bridgehead atoms. The maximum absolute atomic E-state index is 12.3. The monoisotopic (exact) mass is 396 g/mol. The van der Waals surface area contributed by atoms with E-state index in [1.165, 1.54) is 11.3 Å². The molecule has 0 saturated heterocycles. The summed E-state index contributed by atoms with van der Waals surface area (Å²) in [7, 11) is 0. The zero-order valence-electron chi connectivity index (χ0n) is 14.6. The Morgan fingerprint density at radius 3 is 2.86 bits per heavy atom. The van der Waals surface area contributed by atoms with Gasteiger partial charge < -0.3 is 10.6 Å². The van der Waals surface area contributed by atoms with E-state index in [4.69, 9.17) is 0 Å². The molecule has 3 aromatic rings. The van der Waals surface area contributed by atoms with Gasteiger partial charge in [-0.15, -0.1) is 16.4 Å². The Hall–Kier alpha value is -3.53. The van der Waals surface area contributed by atoms with Crippen LogP contribution in [0.5, 0.6) is 0 Å². The molecule has 1 aliphatic heterocycles. The number of nitrogens with zero attached hydrogens (tertiary/aromatic N) is 2. The fourth-order valence-electron chi connectivity index (χ4n) is 2.82. The van der Waals surface area contributed by atoms with Crippen LogP contribution < -0.4 is 16.0 Å². The van der Waals surface area contributed by atoms with Gasteiger partial charge in [-0.25, -0.2) is 0 Å². The average Bonchev–Trinajstić information content (AvgIpc) is 3.34. The number of aromatic nitrogens is 3. The largest absolute Gasteiger partial charge is 0.340 e. The Bertz CT molecular complexity index is 1030. The lowest BCUT2D eigenvalue weighted by atomic mass is 10.1. The second-order valence-corrected chi connectivity index (χ2v) is 7.08. The molecule has 28 heavy (non-hydrogen) atoms. The number of carbonyl (C=O) groups is 3. The van der Waals surface area contributed by atoms with Crippen molar-refractivity contribution >= 4 is 40.7 Å². The van der Waals surface area contributed by atoms with Crippen LogP contribution in [-0.2, 0) is 9.59 Å². The zero-order chi connectivity index (χ0) is 19.5. The standard InChI is InChI=1S/C18H16N6O3S/c25-14(21-18-22-15(23-24-18)13-6-3-9-28-13)8-7-12-17(27)19-11-5-2-1-4-10(11)16(26)20-12/h1-6,9,12H,7-8H2,(H,19,27)(H,20,26)(H2,21,22,23,24,25)/t12-/m0/s1. The third-order valence-electron chi connectivity index (χ3n) is 4.20. The third kappa shape index (κ3) is 3.76. The normalized spacial score (nSPS) is 15.9. The molecule has 0 fully saturated rings. The van der Waals surface area contributed by atoms with Gasteiger partial charge in [0.2, 0.25) is 17.8 Å². The molecule has 2 aromatic heterocycles. The van der Waals surface area contributed by atoms with E-state index in [0.29, 0.717) is 17.1 Å². The van der Waals surface area contributed by atoms with Crippen molar-refractivity contribution in [2.75, 3.05) is 10.6 Å². The zero-order valence-corrected chi connectivity index (χ0v) is 15.4. The Labute approximate surface area is 163 Å². The lowest BCUT2D eigenvalue weighted by Gasteiger charge is -2.13. The van der Waals surface area contributed by atoms with Crippen LogP contribution in [0.2, 0.25) is 0 Å². The molecule has 1 aromatic carbocycles. The predicted octanol–water partition coefficient (Wildman–Crippen LogP) is 2.00. The fraction of sp³-hybridized carbons (Fsp3) is 0.167. The molecule has 0 saturated carbocycles. The Balaban J connectivity index is 1.35. The maximum Gasteiger partial charge on any atom is 0.254 e. The first-order valence-electron chi connectivity index (χ1n) is 8.57. The number of fused-ring (bicyclic) bond motifs is 1. The van der Waals surface area contributed by atoms with E-state index in [1.54, 1.807) is 24.3 Å². The molecule has 0 spiro atoms. The molecule has 0 unspecified atom stereocenters. The van der Waals surface area contributed by atoms with Crippen molar-refractivity contribution in [1.29, 1.82) is 0 Å². The summed E-state index contributed by atoms with van der Waals surface area (Å²) in [5.41, 5.74) is 0.850. The number of thiophene rings is 1. The first kappa shape index (κ1) is 17.9. The van der Waals surface area contributed by atoms with Gasteiger partial charge in [0.05, 0.1) is 16.1 Å². The summed E-state index contributed by atoms with van der Waals surface area (Å²) >= 11 is 1.50. The lowest BCUT2D eigenvalue weighted by Crippen LogP contribution is -2.41. The van der Waals surface area contributed by atoms with Gasteiger partial charge in [0.15, 0.2) is 5.82 Å². The van der Waals surface area contributed by atoms with Crippen LogP contribution in [0.4, 0.5) is 11.6 Å². The number of H-pyrrole nitrogens is 1. The fourth-order valence-corrected chi connectivity index (χ4v) is 3.48. The highest BCUT2D eigenvalue weighted by atomic mass is 32.1. The SMILES string of the molecule is O=C(CC[C@@H]1NC(=O)c2ccccc2NC1=O)Nc1n[nH]c(-c2cccs2)n1. The number of hydrogen-bond acceptors (Lipinski definition) is 6. The van der Waals surface area contributed by atoms with Gasteiger partial charge in [-0.3, -0.25) is 24.8 Å². The molecule has 0 aliphatic carbocycles. The minimum atomic E-state index is -0.806. The highest BCUT2D eigenvalue weighted by Crippen LogP contribution is 2.22. The molecule has 3 heterocycles. The van der Waals surface area contributed by atoms with E-state index < -0.39 is 6.04 Å². The van der Waals surface area contributed by atoms with E-state index in [9.17, 15) is 14.4 Å². The van der Waals surface area contributed by atoms with Gasteiger partial charge in [-0.1, -0.05) is 18.2 Å². The van der Waals surface area contributed by atoms with Gasteiger partial charge in [0, 0.05) is 6.42 Å². The molecule has 1 aliphatic rings. The molecule has 4 rings (SSSR count). The Morgan fingerprint density at radius 1 is 1.18 bits per heavy atom. The summed E-state index contributed by atoms with van der Waals surface area (Å²) in [6.07, 6.45) is 0.178. The van der Waals surface area contributed by atoms with Crippen molar-refractivity contribution in [3.8, 4) is 10.7 Å². The summed E-state index contributed by atoms with van der Waals surface area (Å²) in [6.45, 7) is 0. The molecule has 10 heteroatoms. The van der Waals surface area contributed by atoms with Crippen LogP contribution in [0.1, 0.15) is 23.2 Å². The van der Waals surface area contributed by atoms with Crippen LogP contribution in [0.3, 0.4) is 0 Å². The first-order chi connectivity index (χ1) is 13.6. The molecule has 9 nitrogen and oxygen atoms in total. The number of carbonyl (C=O) groups excluding carboxylic acids is 3. The minimum absolute atomic E-state index is 0.0254. The number of para-hydroxylation sites is 1. The van der Waals surface area contributed by atoms with Gasteiger partial charge in [0.25, 0.3) is 5.91 Å². The van der Waals surface area contributed by atoms with E-state index in [2.05, 4.69) is 31.1 Å². The second kappa shape index (κ2) is 7.61. The smallest absolute Gasteiger partial charge is 0.254 e. The number of anilines is 2. The molecule has 142 valence electrons. The molecule has 0 radical (unpaired) electrons. The van der Waals surface area contributed by atoms with Crippen LogP contribution >= 0.6 is 11.3 Å². The summed E-state index contributed by atoms with van der Waals surface area (Å²) in [6, 6.07) is 9.73. The number of rotatable bonds is 5. The van der Waals surface area contributed by atoms with Gasteiger partial charge in [-0.2, -0.15) is 4.98 Å². The highest BCUT2D eigenvalue weighted by Gasteiger charge is 2.28. The van der Waals surface area contributed by atoms with E-state index in [0.717, 1.165) is 4.88 Å². The molecule has 1 atom stereocenters. The van der Waals surface area contributed by atoms with E-state index >= 15 is 0 Å². The Kier molecular flexibility index (Phi) is 4.85. The summed E-state index contributed by atoms with van der Waals surface area (Å²) < 4.78 is 0. The van der Waals surface area contributed by atoms with Crippen LogP contribution in [0, 0.1) is 0 Å². The minimum Gasteiger partial charge on any atom is -0.340 e. The summed E-state index contributed by atoms with van der Waals surface area (Å²) in [5, 5.41) is 16.6. The van der Waals surface area contributed by atoms with Crippen molar-refractivity contribution in [1.82, 2.24) is 20.5 Å². The summed E-state index contributed by atoms with van der Waals surface area (Å²) in [5.74, 6) is -0.327. The van der Waals surface area contributed by atoms with Crippen LogP contribution in [0.15, 0.2) is 41.8 Å². The predicted molar refractivity (Wildman–Crippen MR) is 104 cm³/mol. The highest BCUT2D eigenvalue weighted by molar-refractivity contribution is 7.13. The topological polar surface area (TPSA) is 129 Å². The van der Waals surface area contributed by atoms with Gasteiger partial charge in [0.1, 0.15) is 6.04 Å². The third-order valence-corrected chi connectivity index (χ3v) is 5.08. The molecule has 4 N–H and O–H groups in total. The average molecular weight is 396 g/mol. The summed E-state index contributed by atoms with van der Waals surface area (Å²) in [4.78, 5) is 42.0. The van der Waals surface area contributed by atoms with Crippen molar-refractivity contribution in [2.45, 2.75) is 18.9 Å². The molecular weight excluding hydrogens is 380 g/mol. The first-order valence-corrected chi connectivity index (χ1v) is 9.45. The number of amides is 3. The maximum atomic E-state index is 12.3. The van der Waals surface area contributed by atoms with Gasteiger partial charge in [-0.05, 0) is 30.0 Å². The van der Waals surface area contributed by atoms with Crippen molar-refractivity contribution < 1.29 is 14.4 Å². The van der Waals surface area contributed by atoms with Crippen LogP contribution in [0.25, 0.3) is 10.7 Å². The van der Waals surface area contributed by atoms with Crippen molar-refractivity contribution in [3.05, 3.63) is 47.3 Å². The van der Waals surface area contributed by atoms with Crippen LogP contribution in [-0.4, -0.2) is 38.9 Å². The van der Waals surface area contributed by atoms with Gasteiger partial charge >= 0.3 is 0 Å². The molecule has 3 amide bonds. The lowest BCUT2D eigenvalue weighted by molar-refractivity contribution is -0.118. The van der Waals surface area contributed by atoms with Crippen molar-refractivity contribution in [2.24, 2.45) is 0 Å². The van der Waals surface area contributed by atoms with E-state index in [1.807, 2.05) is 17.5 Å².